The molecule has 1 aliphatic heterocycles. The van der Waals surface area contributed by atoms with Crippen LogP contribution in [0.4, 0.5) is 0 Å². The molecule has 0 saturated carbocycles. The van der Waals surface area contributed by atoms with Crippen LogP contribution in [0, 0.1) is 0 Å². The Bertz CT molecular complexity index is 1290. The predicted octanol–water partition coefficient (Wildman–Crippen LogP) is 6.11. The molecule has 1 heterocycles. The van der Waals surface area contributed by atoms with Gasteiger partial charge in [0.15, 0.2) is 0 Å². The van der Waals surface area contributed by atoms with E-state index in [0.29, 0.717) is 16.7 Å². The quantitative estimate of drug-likeness (QED) is 0.397. The third-order valence-electron chi connectivity index (χ3n) is 7.11. The molecule has 5 rings (SSSR count). The molecule has 35 heavy (non-hydrogen) atoms. The molecular formula is C31H26O4. The Kier molecular flexibility index (Phi) is 6.39. The van der Waals surface area contributed by atoms with Crippen LogP contribution in [0.3, 0.4) is 0 Å². The number of hydrogen-bond donors (Lipinski definition) is 0. The first-order valence-corrected chi connectivity index (χ1v) is 11.9. The van der Waals surface area contributed by atoms with Gasteiger partial charge in [0.05, 0.1) is 6.10 Å². The normalized spacial score (nSPS) is 21.7. The highest BCUT2D eigenvalue weighted by Gasteiger charge is 2.43. The Hall–Kier alpha value is -3.89. The van der Waals surface area contributed by atoms with Crippen molar-refractivity contribution in [2.45, 2.75) is 30.8 Å². The topological polar surface area (TPSA) is 60.4 Å². The summed E-state index contributed by atoms with van der Waals surface area (Å²) in [5.74, 6) is 0. The Labute approximate surface area is 204 Å². The number of benzene rings is 3. The standard InChI is InChI=1S/C31H26O4/c32-19-22-3-9-25(10-4-22)27-16-28(26-11-5-23(20-33)6-12-26)18-31(17-27,30-2-1-15-35-30)29-13-7-24(21-34)8-14-29/h3-14,16-17,19-21,30H,1-2,15,18H2. The smallest absolute Gasteiger partial charge is 0.150 e. The lowest BCUT2D eigenvalue weighted by atomic mass is 9.65. The van der Waals surface area contributed by atoms with E-state index in [9.17, 15) is 14.4 Å². The van der Waals surface area contributed by atoms with Crippen LogP contribution in [0.15, 0.2) is 84.9 Å². The molecule has 0 N–H and O–H groups in total. The van der Waals surface area contributed by atoms with Gasteiger partial charge in [0.1, 0.15) is 18.9 Å². The summed E-state index contributed by atoms with van der Waals surface area (Å²) in [7, 11) is 0. The number of allylic oxidation sites excluding steroid dienone is 3. The molecule has 2 atom stereocenters. The van der Waals surface area contributed by atoms with Gasteiger partial charge in [-0.05, 0) is 47.1 Å². The van der Waals surface area contributed by atoms with Gasteiger partial charge < -0.3 is 4.74 Å². The van der Waals surface area contributed by atoms with E-state index in [0.717, 1.165) is 72.6 Å². The van der Waals surface area contributed by atoms with Gasteiger partial charge in [-0.1, -0.05) is 84.9 Å². The van der Waals surface area contributed by atoms with Crippen molar-refractivity contribution in [2.75, 3.05) is 6.61 Å². The van der Waals surface area contributed by atoms with Crippen LogP contribution in [-0.4, -0.2) is 31.6 Å². The van der Waals surface area contributed by atoms with E-state index in [-0.39, 0.29) is 6.10 Å². The van der Waals surface area contributed by atoms with Crippen molar-refractivity contribution in [2.24, 2.45) is 0 Å². The number of carbonyl (C=O) groups excluding carboxylic acids is 3. The minimum atomic E-state index is -0.427. The summed E-state index contributed by atoms with van der Waals surface area (Å²) in [5, 5.41) is 0. The van der Waals surface area contributed by atoms with E-state index >= 15 is 0 Å². The van der Waals surface area contributed by atoms with Crippen LogP contribution in [0.25, 0.3) is 11.1 Å². The Morgan fingerprint density at radius 2 is 1.26 bits per heavy atom. The van der Waals surface area contributed by atoms with Gasteiger partial charge >= 0.3 is 0 Å². The van der Waals surface area contributed by atoms with E-state index in [1.165, 1.54) is 0 Å². The molecule has 0 spiro atoms. The number of rotatable bonds is 7. The molecule has 4 heteroatoms. The molecule has 4 nitrogen and oxygen atoms in total. The van der Waals surface area contributed by atoms with Crippen LogP contribution >= 0.6 is 0 Å². The maximum atomic E-state index is 11.3. The van der Waals surface area contributed by atoms with E-state index in [1.54, 1.807) is 0 Å². The summed E-state index contributed by atoms with van der Waals surface area (Å²) in [6.07, 6.45) is 9.73. The van der Waals surface area contributed by atoms with Crippen LogP contribution in [-0.2, 0) is 10.2 Å². The highest BCUT2D eigenvalue weighted by Crippen LogP contribution is 2.48. The maximum absolute atomic E-state index is 11.3. The van der Waals surface area contributed by atoms with Crippen molar-refractivity contribution in [3.05, 3.63) is 118 Å². The van der Waals surface area contributed by atoms with Gasteiger partial charge in [0.2, 0.25) is 0 Å². The van der Waals surface area contributed by atoms with Crippen molar-refractivity contribution >= 4 is 30.0 Å². The molecule has 1 saturated heterocycles. The second-order valence-corrected chi connectivity index (χ2v) is 9.21. The van der Waals surface area contributed by atoms with Crippen molar-refractivity contribution < 1.29 is 19.1 Å². The van der Waals surface area contributed by atoms with Gasteiger partial charge in [-0.15, -0.1) is 0 Å². The van der Waals surface area contributed by atoms with E-state index < -0.39 is 5.41 Å². The maximum Gasteiger partial charge on any atom is 0.150 e. The Morgan fingerprint density at radius 3 is 1.77 bits per heavy atom. The first-order valence-electron chi connectivity index (χ1n) is 11.9. The average molecular weight is 463 g/mol. The lowest BCUT2D eigenvalue weighted by molar-refractivity contribution is 0.0630. The Balaban J connectivity index is 1.69. The lowest BCUT2D eigenvalue weighted by Gasteiger charge is -2.40. The molecule has 1 aliphatic carbocycles. The Morgan fingerprint density at radius 1 is 0.714 bits per heavy atom. The largest absolute Gasteiger partial charge is 0.377 e. The summed E-state index contributed by atoms with van der Waals surface area (Å²) in [5.41, 5.74) is 6.86. The number of aldehydes is 3. The lowest BCUT2D eigenvalue weighted by Crippen LogP contribution is -2.39. The zero-order valence-corrected chi connectivity index (χ0v) is 19.4. The third kappa shape index (κ3) is 4.45. The molecule has 2 aliphatic rings. The van der Waals surface area contributed by atoms with Gasteiger partial charge in [-0.2, -0.15) is 0 Å². The van der Waals surface area contributed by atoms with Gasteiger partial charge in [0.25, 0.3) is 0 Å². The zero-order chi connectivity index (χ0) is 24.3. The molecule has 3 aromatic carbocycles. The summed E-state index contributed by atoms with van der Waals surface area (Å²) in [6, 6.07) is 23.1. The van der Waals surface area contributed by atoms with Gasteiger partial charge in [0, 0.05) is 28.7 Å². The minimum absolute atomic E-state index is 0.00761. The fourth-order valence-electron chi connectivity index (χ4n) is 5.24. The molecule has 0 radical (unpaired) electrons. The third-order valence-corrected chi connectivity index (χ3v) is 7.11. The average Bonchev–Trinajstić information content (AvgIpc) is 3.49. The SMILES string of the molecule is O=Cc1ccc(C2=CC(c3ccc(C=O)cc3)(C3CCCO3)CC(c3ccc(C=O)cc3)=C2)cc1. The van der Waals surface area contributed by atoms with Crippen LogP contribution in [0.5, 0.6) is 0 Å². The summed E-state index contributed by atoms with van der Waals surface area (Å²) >= 11 is 0. The van der Waals surface area contributed by atoms with Crippen molar-refractivity contribution in [1.29, 1.82) is 0 Å². The highest BCUT2D eigenvalue weighted by atomic mass is 16.5. The van der Waals surface area contributed by atoms with Crippen LogP contribution in [0.1, 0.15) is 67.0 Å². The number of carbonyl (C=O) groups is 3. The minimum Gasteiger partial charge on any atom is -0.377 e. The summed E-state index contributed by atoms with van der Waals surface area (Å²) in [4.78, 5) is 33.7. The number of hydrogen-bond acceptors (Lipinski definition) is 4. The molecular weight excluding hydrogens is 436 g/mol. The van der Waals surface area contributed by atoms with Crippen molar-refractivity contribution in [3.8, 4) is 0 Å². The van der Waals surface area contributed by atoms with E-state index in [2.05, 4.69) is 12.2 Å². The van der Waals surface area contributed by atoms with Crippen molar-refractivity contribution in [1.82, 2.24) is 0 Å². The van der Waals surface area contributed by atoms with Crippen LogP contribution in [0.2, 0.25) is 0 Å². The van der Waals surface area contributed by atoms with E-state index in [4.69, 9.17) is 4.74 Å². The van der Waals surface area contributed by atoms with E-state index in [1.807, 2.05) is 72.8 Å². The summed E-state index contributed by atoms with van der Waals surface area (Å²) < 4.78 is 6.31. The molecule has 0 aromatic heterocycles. The predicted molar refractivity (Wildman–Crippen MR) is 137 cm³/mol. The summed E-state index contributed by atoms with van der Waals surface area (Å²) in [6.45, 7) is 0.725. The fraction of sp³-hybridized carbons (Fsp3) is 0.194. The zero-order valence-electron chi connectivity index (χ0n) is 19.4. The second kappa shape index (κ2) is 9.77. The highest BCUT2D eigenvalue weighted by molar-refractivity contribution is 5.89. The molecule has 0 amide bonds. The van der Waals surface area contributed by atoms with Crippen molar-refractivity contribution in [3.63, 3.8) is 0 Å². The molecule has 3 aromatic rings. The first-order chi connectivity index (χ1) is 17.1. The second-order valence-electron chi connectivity index (χ2n) is 9.21. The fourth-order valence-corrected chi connectivity index (χ4v) is 5.24. The number of ether oxygens (including phenoxy) is 1. The van der Waals surface area contributed by atoms with Gasteiger partial charge in [-0.25, -0.2) is 0 Å². The first kappa shape index (κ1) is 22.9. The monoisotopic (exact) mass is 462 g/mol. The molecule has 174 valence electrons. The van der Waals surface area contributed by atoms with Gasteiger partial charge in [-0.3, -0.25) is 14.4 Å². The molecule has 1 fully saturated rings. The molecule has 0 bridgehead atoms. The van der Waals surface area contributed by atoms with Crippen LogP contribution < -0.4 is 0 Å². The molecule has 2 unspecified atom stereocenters.